The molecular weight excluding hydrogens is 617 g/mol. The molecule has 0 heterocycles. The average molecular weight is 685 g/mol. The zero-order valence-corrected chi connectivity index (χ0v) is 31.8. The molecule has 3 fully saturated rings. The first kappa shape index (κ1) is 38.6. The molecule has 2 spiro atoms. The summed E-state index contributed by atoms with van der Waals surface area (Å²) >= 11 is 0. The minimum atomic E-state index is -0.698. The molecule has 2 aromatic carbocycles. The molecule has 3 saturated carbocycles. The van der Waals surface area contributed by atoms with Gasteiger partial charge in [-0.2, -0.15) is 0 Å². The molecule has 0 N–H and O–H groups in total. The number of unbranched alkanes of at least 4 members (excludes halogenated alkanes) is 14. The number of ether oxygens (including phenoxy) is 2. The average Bonchev–Trinajstić information content (AvgIpc) is 3.17. The van der Waals surface area contributed by atoms with E-state index in [9.17, 15) is 9.59 Å². The zero-order chi connectivity index (χ0) is 35.1. The van der Waals surface area contributed by atoms with Crippen LogP contribution in [0.2, 0.25) is 0 Å². The molecule has 5 rings (SSSR count). The molecule has 0 amide bonds. The Hall–Kier alpha value is -2.62. The van der Waals surface area contributed by atoms with Crippen molar-refractivity contribution < 1.29 is 19.1 Å². The van der Waals surface area contributed by atoms with Crippen molar-refractivity contribution in [2.75, 3.05) is 13.2 Å². The second kappa shape index (κ2) is 19.8. The maximum absolute atomic E-state index is 13.9. The lowest BCUT2D eigenvalue weighted by molar-refractivity contribution is -0.177. The predicted molar refractivity (Wildman–Crippen MR) is 206 cm³/mol. The van der Waals surface area contributed by atoms with Crippen LogP contribution >= 0.6 is 0 Å². The number of rotatable bonds is 22. The molecule has 3 aliphatic rings. The van der Waals surface area contributed by atoms with Gasteiger partial charge in [0.15, 0.2) is 11.6 Å². The highest BCUT2D eigenvalue weighted by Crippen LogP contribution is 2.62. The van der Waals surface area contributed by atoms with Gasteiger partial charge in [-0.25, -0.2) is 0 Å². The van der Waals surface area contributed by atoms with E-state index in [0.717, 1.165) is 88.9 Å². The van der Waals surface area contributed by atoms with Gasteiger partial charge in [-0.05, 0) is 111 Å². The maximum Gasteiger partial charge on any atom is 0.159 e. The maximum atomic E-state index is 13.9. The highest BCUT2D eigenvalue weighted by molar-refractivity contribution is 6.30. The van der Waals surface area contributed by atoms with Crippen molar-refractivity contribution in [3.8, 4) is 11.5 Å². The Morgan fingerprint density at radius 2 is 0.760 bits per heavy atom. The van der Waals surface area contributed by atoms with Crippen molar-refractivity contribution in [2.24, 2.45) is 10.8 Å². The third-order valence-electron chi connectivity index (χ3n) is 12.7. The van der Waals surface area contributed by atoms with Crippen molar-refractivity contribution in [3.63, 3.8) is 0 Å². The second-order valence-corrected chi connectivity index (χ2v) is 16.2. The summed E-state index contributed by atoms with van der Waals surface area (Å²) in [6.07, 6.45) is 27.4. The van der Waals surface area contributed by atoms with Crippen molar-refractivity contribution in [3.05, 3.63) is 59.7 Å². The highest BCUT2D eigenvalue weighted by Gasteiger charge is 2.70. The van der Waals surface area contributed by atoms with E-state index in [1.54, 1.807) is 0 Å². The summed E-state index contributed by atoms with van der Waals surface area (Å²) in [6.45, 7) is 6.10. The summed E-state index contributed by atoms with van der Waals surface area (Å²) in [7, 11) is 0. The van der Waals surface area contributed by atoms with E-state index in [1.165, 1.54) is 101 Å². The molecule has 50 heavy (non-hydrogen) atoms. The lowest BCUT2D eigenvalue weighted by atomic mass is 9.42. The fraction of sp³-hybridized carbons (Fsp3) is 0.696. The first-order chi connectivity index (χ1) is 24.5. The third kappa shape index (κ3) is 9.82. The van der Waals surface area contributed by atoms with Gasteiger partial charge in [0.05, 0.1) is 24.0 Å². The molecule has 2 aromatic rings. The zero-order valence-electron chi connectivity index (χ0n) is 31.8. The summed E-state index contributed by atoms with van der Waals surface area (Å²) in [5, 5.41) is 0. The summed E-state index contributed by atoms with van der Waals surface area (Å²) in [6, 6.07) is 17.2. The number of carbonyl (C=O) groups excluding carboxylic acids is 2. The van der Waals surface area contributed by atoms with Crippen LogP contribution in [-0.2, 0) is 9.59 Å². The lowest BCUT2D eigenvalue weighted by Gasteiger charge is -2.57. The van der Waals surface area contributed by atoms with Gasteiger partial charge in [0.1, 0.15) is 11.5 Å². The SMILES string of the molecule is CCCCCCCCCCOc1ccc(C2CCC3(CC2)C(=O)C2(CCC(c4ccc(OCCCCCCCCCC)cc4)CC2)C3=O)cc1. The molecule has 4 nitrogen and oxygen atoms in total. The van der Waals surface area contributed by atoms with Crippen LogP contribution in [0.3, 0.4) is 0 Å². The molecule has 0 saturated heterocycles. The van der Waals surface area contributed by atoms with Crippen molar-refractivity contribution in [1.29, 1.82) is 0 Å². The van der Waals surface area contributed by atoms with Gasteiger partial charge >= 0.3 is 0 Å². The molecule has 0 aliphatic heterocycles. The number of Topliss-reactive ketones (excluding diaryl/α,β-unsaturated/α-hetero) is 2. The van der Waals surface area contributed by atoms with Gasteiger partial charge in [-0.1, -0.05) is 128 Å². The van der Waals surface area contributed by atoms with Gasteiger partial charge in [0.25, 0.3) is 0 Å². The van der Waals surface area contributed by atoms with E-state index < -0.39 is 10.8 Å². The Morgan fingerprint density at radius 3 is 1.08 bits per heavy atom. The van der Waals surface area contributed by atoms with Crippen LogP contribution in [0.1, 0.15) is 191 Å². The van der Waals surface area contributed by atoms with Crippen molar-refractivity contribution >= 4 is 11.6 Å². The Bertz CT molecular complexity index is 1160. The Balaban J connectivity index is 0.982. The number of hydrogen-bond donors (Lipinski definition) is 0. The summed E-state index contributed by atoms with van der Waals surface area (Å²) in [5.74, 6) is 3.29. The van der Waals surface area contributed by atoms with Crippen LogP contribution in [0, 0.1) is 10.8 Å². The highest BCUT2D eigenvalue weighted by atomic mass is 16.5. The quantitative estimate of drug-likeness (QED) is 0.0915. The minimum absolute atomic E-state index is 0.279. The second-order valence-electron chi connectivity index (χ2n) is 16.2. The van der Waals surface area contributed by atoms with Gasteiger partial charge in [0.2, 0.25) is 0 Å². The topological polar surface area (TPSA) is 52.6 Å². The first-order valence-electron chi connectivity index (χ1n) is 21.1. The van der Waals surface area contributed by atoms with Crippen LogP contribution in [0.5, 0.6) is 11.5 Å². The molecule has 0 unspecified atom stereocenters. The summed E-state index contributed by atoms with van der Waals surface area (Å²) in [5.41, 5.74) is 1.24. The molecule has 0 atom stereocenters. The van der Waals surface area contributed by atoms with Gasteiger partial charge in [0, 0.05) is 0 Å². The fourth-order valence-corrected chi connectivity index (χ4v) is 9.38. The molecule has 276 valence electrons. The Kier molecular flexibility index (Phi) is 15.3. The normalized spacial score (nSPS) is 24.8. The van der Waals surface area contributed by atoms with Crippen molar-refractivity contribution in [1.82, 2.24) is 0 Å². The van der Waals surface area contributed by atoms with Crippen LogP contribution in [0.15, 0.2) is 48.5 Å². The molecular formula is C46H68O4. The summed E-state index contributed by atoms with van der Waals surface area (Å²) in [4.78, 5) is 27.8. The number of hydrogen-bond acceptors (Lipinski definition) is 4. The van der Waals surface area contributed by atoms with E-state index in [2.05, 4.69) is 62.4 Å². The van der Waals surface area contributed by atoms with Gasteiger partial charge in [-0.15, -0.1) is 0 Å². The predicted octanol–water partition coefficient (Wildman–Crippen LogP) is 12.9. The van der Waals surface area contributed by atoms with E-state index in [1.807, 2.05) is 0 Å². The standard InChI is InChI=1S/C46H68O4/c1-3-5-7-9-11-13-15-17-35-49-41-23-19-37(20-24-41)39-27-31-45(32-28-39)43(47)46(44(45)48)33-29-40(30-34-46)38-21-25-42(26-22-38)50-36-18-16-14-12-10-8-6-4-2/h19-26,39-40H,3-18,27-36H2,1-2H3. The molecule has 0 bridgehead atoms. The van der Waals surface area contributed by atoms with Gasteiger partial charge < -0.3 is 9.47 Å². The van der Waals surface area contributed by atoms with Crippen LogP contribution in [-0.4, -0.2) is 24.8 Å². The minimum Gasteiger partial charge on any atom is -0.494 e. The van der Waals surface area contributed by atoms with E-state index in [0.29, 0.717) is 11.8 Å². The monoisotopic (exact) mass is 685 g/mol. The van der Waals surface area contributed by atoms with E-state index in [-0.39, 0.29) is 11.6 Å². The van der Waals surface area contributed by atoms with Crippen LogP contribution in [0.25, 0.3) is 0 Å². The number of ketones is 2. The Morgan fingerprint density at radius 1 is 0.460 bits per heavy atom. The largest absolute Gasteiger partial charge is 0.494 e. The number of benzene rings is 2. The smallest absolute Gasteiger partial charge is 0.159 e. The fourth-order valence-electron chi connectivity index (χ4n) is 9.38. The van der Waals surface area contributed by atoms with E-state index >= 15 is 0 Å². The molecule has 4 heteroatoms. The van der Waals surface area contributed by atoms with E-state index in [4.69, 9.17) is 9.47 Å². The van der Waals surface area contributed by atoms with Crippen molar-refractivity contribution in [2.45, 2.75) is 180 Å². The molecule has 3 aliphatic carbocycles. The van der Waals surface area contributed by atoms with Crippen LogP contribution in [0.4, 0.5) is 0 Å². The Labute approximate surface area is 304 Å². The molecule has 0 aromatic heterocycles. The van der Waals surface area contributed by atoms with Gasteiger partial charge in [-0.3, -0.25) is 9.59 Å². The van der Waals surface area contributed by atoms with Crippen LogP contribution < -0.4 is 9.47 Å². The number of carbonyl (C=O) groups is 2. The third-order valence-corrected chi connectivity index (χ3v) is 12.7. The first-order valence-corrected chi connectivity index (χ1v) is 21.1. The lowest BCUT2D eigenvalue weighted by Crippen LogP contribution is -2.68. The summed E-state index contributed by atoms with van der Waals surface area (Å²) < 4.78 is 12.1. The molecule has 0 radical (unpaired) electrons.